The normalized spacial score (nSPS) is 20.2. The van der Waals surface area contributed by atoms with Crippen molar-refractivity contribution in [3.63, 3.8) is 0 Å². The van der Waals surface area contributed by atoms with E-state index in [1.807, 2.05) is 0 Å². The molecule has 0 bridgehead atoms. The second-order valence-electron chi connectivity index (χ2n) is 7.32. The Balaban J connectivity index is 1.53. The van der Waals surface area contributed by atoms with E-state index in [4.69, 9.17) is 0 Å². The van der Waals surface area contributed by atoms with E-state index in [0.717, 1.165) is 38.0 Å². The first-order chi connectivity index (χ1) is 10.6. The lowest BCUT2D eigenvalue weighted by Crippen LogP contribution is -2.43. The molecule has 120 valence electrons. The second-order valence-corrected chi connectivity index (χ2v) is 7.32. The zero-order valence-electron chi connectivity index (χ0n) is 13.7. The highest BCUT2D eigenvalue weighted by atomic mass is 16.1. The molecule has 3 nitrogen and oxygen atoms in total. The van der Waals surface area contributed by atoms with Gasteiger partial charge in [0.1, 0.15) is 0 Å². The van der Waals surface area contributed by atoms with Crippen molar-refractivity contribution in [3.8, 4) is 0 Å². The molecule has 0 unspecified atom stereocenters. The molecule has 0 atom stereocenters. The van der Waals surface area contributed by atoms with Crippen molar-refractivity contribution < 1.29 is 4.79 Å². The Kier molecular flexibility index (Phi) is 4.82. The molecule has 2 N–H and O–H groups in total. The van der Waals surface area contributed by atoms with Crippen molar-refractivity contribution in [2.45, 2.75) is 51.9 Å². The Bertz CT molecular complexity index is 532. The minimum absolute atomic E-state index is 0.163. The summed E-state index contributed by atoms with van der Waals surface area (Å²) in [7, 11) is 0. The molecule has 1 aliphatic carbocycles. The zero-order chi connectivity index (χ0) is 15.4. The summed E-state index contributed by atoms with van der Waals surface area (Å²) in [6, 6.07) is 6.61. The number of rotatable bonds is 4. The van der Waals surface area contributed by atoms with E-state index in [0.29, 0.717) is 6.42 Å². The fourth-order valence-electron chi connectivity index (χ4n) is 3.66. The second kappa shape index (κ2) is 6.82. The molecular formula is C19H28N2O. The maximum absolute atomic E-state index is 12.2. The van der Waals surface area contributed by atoms with Crippen LogP contribution in [0.5, 0.6) is 0 Å². The van der Waals surface area contributed by atoms with Crippen molar-refractivity contribution >= 4 is 5.91 Å². The lowest BCUT2D eigenvalue weighted by atomic mass is 9.81. The molecule has 2 aliphatic rings. The van der Waals surface area contributed by atoms with Crippen molar-refractivity contribution in [3.05, 3.63) is 34.9 Å². The highest BCUT2D eigenvalue weighted by Gasteiger charge is 2.26. The first-order valence-electron chi connectivity index (χ1n) is 8.73. The van der Waals surface area contributed by atoms with E-state index in [1.165, 1.54) is 36.8 Å². The van der Waals surface area contributed by atoms with Gasteiger partial charge in [-0.2, -0.15) is 0 Å². The standard InChI is InChI=1S/C19H28N2O/c1-19(8-10-20-11-9-19)14-21-18(22)13-15-6-7-16-4-2-3-5-17(16)12-15/h6-7,12,20H,2-5,8-11,13-14H2,1H3,(H,21,22). The number of carbonyl (C=O) groups is 1. The van der Waals surface area contributed by atoms with E-state index in [-0.39, 0.29) is 11.3 Å². The fraction of sp³-hybridized carbons (Fsp3) is 0.632. The van der Waals surface area contributed by atoms with Gasteiger partial charge in [-0.1, -0.05) is 25.1 Å². The minimum atomic E-state index is 0.163. The van der Waals surface area contributed by atoms with E-state index in [9.17, 15) is 4.79 Å². The van der Waals surface area contributed by atoms with Crippen molar-refractivity contribution in [1.82, 2.24) is 10.6 Å². The number of hydrogen-bond donors (Lipinski definition) is 2. The summed E-state index contributed by atoms with van der Waals surface area (Å²) < 4.78 is 0. The summed E-state index contributed by atoms with van der Waals surface area (Å²) in [4.78, 5) is 12.2. The van der Waals surface area contributed by atoms with Crippen LogP contribution in [0.2, 0.25) is 0 Å². The van der Waals surface area contributed by atoms with E-state index in [2.05, 4.69) is 35.8 Å². The third-order valence-corrected chi connectivity index (χ3v) is 5.30. The molecule has 0 aromatic heterocycles. The van der Waals surface area contributed by atoms with Crippen LogP contribution >= 0.6 is 0 Å². The van der Waals surface area contributed by atoms with Crippen LogP contribution in [0.15, 0.2) is 18.2 Å². The molecule has 3 heteroatoms. The summed E-state index contributed by atoms with van der Waals surface area (Å²) in [6.07, 6.45) is 7.78. The summed E-state index contributed by atoms with van der Waals surface area (Å²) in [6.45, 7) is 5.22. The number of fused-ring (bicyclic) bond motifs is 1. The van der Waals surface area contributed by atoms with Gasteiger partial charge in [-0.3, -0.25) is 4.79 Å². The van der Waals surface area contributed by atoms with Gasteiger partial charge < -0.3 is 10.6 Å². The van der Waals surface area contributed by atoms with Crippen LogP contribution in [-0.4, -0.2) is 25.5 Å². The van der Waals surface area contributed by atoms with Gasteiger partial charge in [0.15, 0.2) is 0 Å². The topological polar surface area (TPSA) is 41.1 Å². The maximum atomic E-state index is 12.2. The van der Waals surface area contributed by atoms with Crippen LogP contribution in [0.3, 0.4) is 0 Å². The minimum Gasteiger partial charge on any atom is -0.355 e. The lowest BCUT2D eigenvalue weighted by Gasteiger charge is -2.34. The van der Waals surface area contributed by atoms with Gasteiger partial charge in [0.25, 0.3) is 0 Å². The summed E-state index contributed by atoms with van der Waals surface area (Å²) in [5.41, 5.74) is 4.37. The van der Waals surface area contributed by atoms with Crippen molar-refractivity contribution in [1.29, 1.82) is 0 Å². The molecular weight excluding hydrogens is 272 g/mol. The van der Waals surface area contributed by atoms with Gasteiger partial charge in [-0.15, -0.1) is 0 Å². The molecule has 0 spiro atoms. The predicted octanol–water partition coefficient (Wildman–Crippen LogP) is 2.61. The SMILES string of the molecule is CC1(CNC(=O)Cc2ccc3c(c2)CCCC3)CCNCC1. The largest absolute Gasteiger partial charge is 0.355 e. The Hall–Kier alpha value is -1.35. The molecule has 1 saturated heterocycles. The molecule has 1 aliphatic heterocycles. The van der Waals surface area contributed by atoms with Crippen LogP contribution in [0, 0.1) is 5.41 Å². The maximum Gasteiger partial charge on any atom is 0.224 e. The fourth-order valence-corrected chi connectivity index (χ4v) is 3.66. The van der Waals surface area contributed by atoms with E-state index < -0.39 is 0 Å². The number of amides is 1. The summed E-state index contributed by atoms with van der Waals surface area (Å²) in [5.74, 6) is 0.163. The molecule has 3 rings (SSSR count). The van der Waals surface area contributed by atoms with Crippen molar-refractivity contribution in [2.24, 2.45) is 5.41 Å². The number of nitrogens with one attached hydrogen (secondary N) is 2. The van der Waals surface area contributed by atoms with Gasteiger partial charge in [-0.05, 0) is 73.7 Å². The van der Waals surface area contributed by atoms with Gasteiger partial charge in [0, 0.05) is 6.54 Å². The molecule has 0 saturated carbocycles. The van der Waals surface area contributed by atoms with Gasteiger partial charge >= 0.3 is 0 Å². The summed E-state index contributed by atoms with van der Waals surface area (Å²) >= 11 is 0. The Labute approximate surface area is 133 Å². The molecule has 0 radical (unpaired) electrons. The first-order valence-corrected chi connectivity index (χ1v) is 8.73. The monoisotopic (exact) mass is 300 g/mol. The molecule has 22 heavy (non-hydrogen) atoms. The molecule has 1 amide bonds. The highest BCUT2D eigenvalue weighted by Crippen LogP contribution is 2.27. The number of benzene rings is 1. The third kappa shape index (κ3) is 3.89. The molecule has 1 heterocycles. The zero-order valence-corrected chi connectivity index (χ0v) is 13.7. The average molecular weight is 300 g/mol. The Morgan fingerprint density at radius 3 is 2.68 bits per heavy atom. The number of carbonyl (C=O) groups excluding carboxylic acids is 1. The quantitative estimate of drug-likeness (QED) is 0.897. The van der Waals surface area contributed by atoms with Gasteiger partial charge in [0.2, 0.25) is 5.91 Å². The van der Waals surface area contributed by atoms with Gasteiger partial charge in [0.05, 0.1) is 6.42 Å². The number of hydrogen-bond acceptors (Lipinski definition) is 2. The average Bonchev–Trinajstić information content (AvgIpc) is 2.54. The van der Waals surface area contributed by atoms with Crippen LogP contribution in [0.25, 0.3) is 0 Å². The smallest absolute Gasteiger partial charge is 0.224 e. The molecule has 1 aromatic carbocycles. The number of piperidine rings is 1. The van der Waals surface area contributed by atoms with Crippen LogP contribution in [-0.2, 0) is 24.1 Å². The van der Waals surface area contributed by atoms with E-state index >= 15 is 0 Å². The van der Waals surface area contributed by atoms with Crippen LogP contribution in [0.4, 0.5) is 0 Å². The first kappa shape index (κ1) is 15.5. The van der Waals surface area contributed by atoms with E-state index in [1.54, 1.807) is 0 Å². The molecule has 1 fully saturated rings. The van der Waals surface area contributed by atoms with Crippen molar-refractivity contribution in [2.75, 3.05) is 19.6 Å². The van der Waals surface area contributed by atoms with Gasteiger partial charge in [-0.25, -0.2) is 0 Å². The Morgan fingerprint density at radius 2 is 1.91 bits per heavy atom. The third-order valence-electron chi connectivity index (χ3n) is 5.30. The Morgan fingerprint density at radius 1 is 1.18 bits per heavy atom. The van der Waals surface area contributed by atoms with Crippen LogP contribution in [0.1, 0.15) is 49.3 Å². The number of aryl methyl sites for hydroxylation is 2. The molecule has 1 aromatic rings. The predicted molar refractivity (Wildman–Crippen MR) is 90.0 cm³/mol. The lowest BCUT2D eigenvalue weighted by molar-refractivity contribution is -0.121. The summed E-state index contributed by atoms with van der Waals surface area (Å²) in [5, 5.41) is 6.54. The highest BCUT2D eigenvalue weighted by molar-refractivity contribution is 5.78. The van der Waals surface area contributed by atoms with Crippen LogP contribution < -0.4 is 10.6 Å².